The summed E-state index contributed by atoms with van der Waals surface area (Å²) in [6.45, 7) is 5.04. The molecule has 3 nitrogen and oxygen atoms in total. The van der Waals surface area contributed by atoms with Crippen molar-refractivity contribution in [3.05, 3.63) is 41.3 Å². The van der Waals surface area contributed by atoms with E-state index in [4.69, 9.17) is 5.73 Å². The Labute approximate surface area is 115 Å². The Balaban J connectivity index is 2.06. The molecule has 0 spiro atoms. The highest BCUT2D eigenvalue weighted by atomic mass is 14.9. The quantitative estimate of drug-likeness (QED) is 0.780. The van der Waals surface area contributed by atoms with Crippen LogP contribution in [0.4, 0.5) is 0 Å². The van der Waals surface area contributed by atoms with Gasteiger partial charge >= 0.3 is 0 Å². The normalized spacial score (nSPS) is 10.9. The molecule has 0 aliphatic carbocycles. The highest BCUT2D eigenvalue weighted by Crippen LogP contribution is 2.23. The lowest BCUT2D eigenvalue weighted by Crippen LogP contribution is -1.98. The van der Waals surface area contributed by atoms with Crippen molar-refractivity contribution >= 4 is 0 Å². The maximum Gasteiger partial charge on any atom is 0.106 e. The van der Waals surface area contributed by atoms with Crippen molar-refractivity contribution in [3.8, 4) is 11.3 Å². The first-order valence-electron chi connectivity index (χ1n) is 7.02. The molecule has 0 unspecified atom stereocenters. The van der Waals surface area contributed by atoms with Gasteiger partial charge in [0.05, 0.1) is 11.9 Å². The van der Waals surface area contributed by atoms with Crippen molar-refractivity contribution in [2.24, 2.45) is 5.73 Å². The lowest BCUT2D eigenvalue weighted by atomic mass is 10.0. The second-order valence-electron chi connectivity index (χ2n) is 5.16. The molecule has 0 aliphatic rings. The minimum absolute atomic E-state index is 0.784. The molecule has 0 saturated carbocycles. The molecule has 0 amide bonds. The maximum absolute atomic E-state index is 5.50. The fourth-order valence-corrected chi connectivity index (χ4v) is 2.27. The predicted molar refractivity (Wildman–Crippen MR) is 80.1 cm³/mol. The first-order chi connectivity index (χ1) is 9.20. The summed E-state index contributed by atoms with van der Waals surface area (Å²) < 4.78 is 0. The number of aromatic nitrogens is 2. The van der Waals surface area contributed by atoms with Gasteiger partial charge in [0.15, 0.2) is 0 Å². The minimum Gasteiger partial charge on any atom is -0.342 e. The van der Waals surface area contributed by atoms with Gasteiger partial charge in [-0.3, -0.25) is 0 Å². The van der Waals surface area contributed by atoms with Crippen molar-refractivity contribution in [1.82, 2.24) is 9.97 Å². The van der Waals surface area contributed by atoms with Gasteiger partial charge in [-0.1, -0.05) is 24.1 Å². The van der Waals surface area contributed by atoms with Crippen LogP contribution in [0.3, 0.4) is 0 Å². The molecule has 0 radical (unpaired) electrons. The molecule has 0 fully saturated rings. The molecule has 1 aromatic heterocycles. The topological polar surface area (TPSA) is 54.7 Å². The number of aryl methyl sites for hydroxylation is 3. The lowest BCUT2D eigenvalue weighted by Gasteiger charge is -2.04. The molecule has 3 N–H and O–H groups in total. The van der Waals surface area contributed by atoms with Crippen LogP contribution in [-0.2, 0) is 6.42 Å². The zero-order valence-electron chi connectivity index (χ0n) is 11.9. The third kappa shape index (κ3) is 3.67. The molecule has 1 aromatic carbocycles. The smallest absolute Gasteiger partial charge is 0.106 e. The molecule has 0 bridgehead atoms. The molecular weight excluding hydrogens is 234 g/mol. The number of nitrogens with one attached hydrogen (secondary N) is 1. The van der Waals surface area contributed by atoms with Crippen LogP contribution >= 0.6 is 0 Å². The molecule has 2 rings (SSSR count). The van der Waals surface area contributed by atoms with Crippen molar-refractivity contribution in [3.63, 3.8) is 0 Å². The third-order valence-electron chi connectivity index (χ3n) is 3.43. The Morgan fingerprint density at radius 1 is 1.16 bits per heavy atom. The fourth-order valence-electron chi connectivity index (χ4n) is 2.27. The summed E-state index contributed by atoms with van der Waals surface area (Å²) in [6, 6.07) is 6.51. The third-order valence-corrected chi connectivity index (χ3v) is 3.43. The number of nitrogens with zero attached hydrogens (tertiary/aromatic N) is 1. The van der Waals surface area contributed by atoms with Gasteiger partial charge in [-0.2, -0.15) is 0 Å². The average Bonchev–Trinajstić information content (AvgIpc) is 2.86. The zero-order valence-corrected chi connectivity index (χ0v) is 11.9. The summed E-state index contributed by atoms with van der Waals surface area (Å²) in [4.78, 5) is 7.91. The molecule has 0 saturated heterocycles. The second-order valence-corrected chi connectivity index (χ2v) is 5.16. The van der Waals surface area contributed by atoms with Crippen molar-refractivity contribution < 1.29 is 0 Å². The molecule has 0 atom stereocenters. The van der Waals surface area contributed by atoms with E-state index in [1.54, 1.807) is 0 Å². The van der Waals surface area contributed by atoms with Gasteiger partial charge in [-0.05, 0) is 44.9 Å². The Kier molecular flexibility index (Phi) is 4.74. The van der Waals surface area contributed by atoms with Gasteiger partial charge in [0.2, 0.25) is 0 Å². The highest BCUT2D eigenvalue weighted by molar-refractivity contribution is 5.63. The summed E-state index contributed by atoms with van der Waals surface area (Å²) in [5.41, 5.74) is 10.4. The van der Waals surface area contributed by atoms with Crippen molar-refractivity contribution in [1.29, 1.82) is 0 Å². The van der Waals surface area contributed by atoms with Gasteiger partial charge < -0.3 is 10.7 Å². The largest absolute Gasteiger partial charge is 0.342 e. The van der Waals surface area contributed by atoms with E-state index < -0.39 is 0 Å². The van der Waals surface area contributed by atoms with E-state index in [-0.39, 0.29) is 0 Å². The second kappa shape index (κ2) is 6.53. The number of rotatable bonds is 6. The molecule has 2 aromatic rings. The van der Waals surface area contributed by atoms with E-state index in [1.807, 2.05) is 6.20 Å². The molecule has 3 heteroatoms. The van der Waals surface area contributed by atoms with Crippen LogP contribution in [-0.4, -0.2) is 16.5 Å². The van der Waals surface area contributed by atoms with E-state index in [2.05, 4.69) is 42.0 Å². The van der Waals surface area contributed by atoms with E-state index in [0.717, 1.165) is 37.3 Å². The molecule has 19 heavy (non-hydrogen) atoms. The summed E-state index contributed by atoms with van der Waals surface area (Å²) in [6.07, 6.45) is 6.38. The summed E-state index contributed by atoms with van der Waals surface area (Å²) in [5.74, 6) is 1.08. The van der Waals surface area contributed by atoms with Crippen LogP contribution in [0, 0.1) is 13.8 Å². The molecule has 1 heterocycles. The molecule has 0 aliphatic heterocycles. The molecule has 102 valence electrons. The standard InChI is InChI=1S/C16H23N3/c1-12-7-8-13(2)14(10-12)15-11-18-16(19-15)6-4-3-5-9-17/h7-8,10-11H,3-6,9,17H2,1-2H3,(H,18,19). The Morgan fingerprint density at radius 2 is 2.00 bits per heavy atom. The number of hydrogen-bond acceptors (Lipinski definition) is 2. The lowest BCUT2D eigenvalue weighted by molar-refractivity contribution is 0.673. The summed E-state index contributed by atoms with van der Waals surface area (Å²) in [7, 11) is 0. The SMILES string of the molecule is Cc1ccc(C)c(-c2cnc(CCCCCN)[nH]2)c1. The Morgan fingerprint density at radius 3 is 2.79 bits per heavy atom. The number of unbranched alkanes of at least 4 members (excludes halogenated alkanes) is 2. The fraction of sp³-hybridized carbons (Fsp3) is 0.438. The van der Waals surface area contributed by atoms with E-state index in [1.165, 1.54) is 23.1 Å². The van der Waals surface area contributed by atoms with Crippen LogP contribution in [0.2, 0.25) is 0 Å². The summed E-state index contributed by atoms with van der Waals surface area (Å²) in [5, 5.41) is 0. The van der Waals surface area contributed by atoms with E-state index in [0.29, 0.717) is 0 Å². The monoisotopic (exact) mass is 257 g/mol. The van der Waals surface area contributed by atoms with Crippen LogP contribution in [0.25, 0.3) is 11.3 Å². The highest BCUT2D eigenvalue weighted by Gasteiger charge is 2.06. The number of aromatic amines is 1. The van der Waals surface area contributed by atoms with Gasteiger partial charge in [0, 0.05) is 12.0 Å². The minimum atomic E-state index is 0.784. The zero-order chi connectivity index (χ0) is 13.7. The number of imidazole rings is 1. The Bertz CT molecular complexity index is 529. The van der Waals surface area contributed by atoms with Crippen LogP contribution in [0.5, 0.6) is 0 Å². The van der Waals surface area contributed by atoms with Crippen molar-refractivity contribution in [2.75, 3.05) is 6.54 Å². The van der Waals surface area contributed by atoms with Gasteiger partial charge in [0.1, 0.15) is 5.82 Å². The van der Waals surface area contributed by atoms with E-state index in [9.17, 15) is 0 Å². The number of benzene rings is 1. The van der Waals surface area contributed by atoms with Crippen molar-refractivity contribution in [2.45, 2.75) is 39.5 Å². The number of hydrogen-bond donors (Lipinski definition) is 2. The van der Waals surface area contributed by atoms with Gasteiger partial charge in [0.25, 0.3) is 0 Å². The first kappa shape index (κ1) is 13.8. The maximum atomic E-state index is 5.50. The number of H-pyrrole nitrogens is 1. The van der Waals surface area contributed by atoms with Gasteiger partial charge in [-0.25, -0.2) is 4.98 Å². The summed E-state index contributed by atoms with van der Waals surface area (Å²) >= 11 is 0. The van der Waals surface area contributed by atoms with E-state index >= 15 is 0 Å². The average molecular weight is 257 g/mol. The first-order valence-corrected chi connectivity index (χ1v) is 7.02. The Hall–Kier alpha value is -1.61. The van der Waals surface area contributed by atoms with Crippen LogP contribution in [0.1, 0.15) is 36.2 Å². The van der Waals surface area contributed by atoms with Gasteiger partial charge in [-0.15, -0.1) is 0 Å². The number of nitrogens with two attached hydrogens (primary N) is 1. The van der Waals surface area contributed by atoms with Crippen LogP contribution < -0.4 is 5.73 Å². The van der Waals surface area contributed by atoms with Crippen LogP contribution in [0.15, 0.2) is 24.4 Å². The molecular formula is C16H23N3. The predicted octanol–water partition coefficient (Wildman–Crippen LogP) is 3.37.